The van der Waals surface area contributed by atoms with Gasteiger partial charge in [-0.15, -0.1) is 0 Å². The molecule has 0 bridgehead atoms. The Kier molecular flexibility index (Phi) is 8.69. The van der Waals surface area contributed by atoms with Gasteiger partial charge in [-0.2, -0.15) is 0 Å². The molecule has 0 heterocycles. The molecule has 2 aromatic carbocycles. The lowest BCUT2D eigenvalue weighted by atomic mass is 9.80. The summed E-state index contributed by atoms with van der Waals surface area (Å²) in [5.41, 5.74) is 4.72. The Hall–Kier alpha value is -1.71. The van der Waals surface area contributed by atoms with Gasteiger partial charge in [0, 0.05) is 22.1 Å². The van der Waals surface area contributed by atoms with E-state index in [1.54, 1.807) is 0 Å². The van der Waals surface area contributed by atoms with E-state index in [0.717, 1.165) is 28.5 Å². The van der Waals surface area contributed by atoms with Crippen LogP contribution >= 0.6 is 11.6 Å². The molecule has 154 valence electrons. The van der Waals surface area contributed by atoms with Gasteiger partial charge >= 0.3 is 0 Å². The zero-order chi connectivity index (χ0) is 20.5. The van der Waals surface area contributed by atoms with Crippen molar-refractivity contribution in [1.82, 2.24) is 0 Å². The van der Waals surface area contributed by atoms with Crippen LogP contribution in [0.3, 0.4) is 0 Å². The van der Waals surface area contributed by atoms with Crippen LogP contribution in [0.1, 0.15) is 82.8 Å². The fourth-order valence-corrected chi connectivity index (χ4v) is 4.74. The van der Waals surface area contributed by atoms with Gasteiger partial charge in [-0.3, -0.25) is 0 Å². The Morgan fingerprint density at radius 3 is 2.31 bits per heavy atom. The molecule has 0 nitrogen and oxygen atoms in total. The molecule has 0 amide bonds. The first-order chi connectivity index (χ1) is 14.2. The second-order valence-electron chi connectivity index (χ2n) is 8.62. The molecule has 0 aromatic heterocycles. The summed E-state index contributed by atoms with van der Waals surface area (Å²) in [4.78, 5) is 0. The smallest absolute Gasteiger partial charge is 0.0496 e. The summed E-state index contributed by atoms with van der Waals surface area (Å²) in [5, 5.41) is 0.794. The van der Waals surface area contributed by atoms with Gasteiger partial charge in [0.05, 0.1) is 0 Å². The number of hydrogen-bond donors (Lipinski definition) is 0. The summed E-state index contributed by atoms with van der Waals surface area (Å²) in [5.74, 6) is 8.39. The molecule has 3 rings (SSSR count). The molecule has 1 aliphatic carbocycles. The molecule has 0 N–H and O–H groups in total. The van der Waals surface area contributed by atoms with Crippen molar-refractivity contribution in [1.29, 1.82) is 0 Å². The van der Waals surface area contributed by atoms with Crippen molar-refractivity contribution >= 4 is 11.6 Å². The van der Waals surface area contributed by atoms with Crippen molar-refractivity contribution in [3.63, 3.8) is 0 Å². The summed E-state index contributed by atoms with van der Waals surface area (Å²) >= 11 is 6.61. The molecule has 1 saturated carbocycles. The summed E-state index contributed by atoms with van der Waals surface area (Å²) in [7, 11) is 0. The zero-order valence-electron chi connectivity index (χ0n) is 18.1. The summed E-state index contributed by atoms with van der Waals surface area (Å²) in [6.07, 6.45) is 12.9. The number of rotatable bonds is 7. The Morgan fingerprint density at radius 2 is 1.66 bits per heavy atom. The minimum Gasteiger partial charge on any atom is -0.0945 e. The van der Waals surface area contributed by atoms with Crippen molar-refractivity contribution in [3.05, 3.63) is 58.6 Å². The van der Waals surface area contributed by atoms with Crippen molar-refractivity contribution in [2.75, 3.05) is 0 Å². The number of halogens is 1. The molecule has 1 heteroatoms. The first-order valence-corrected chi connectivity index (χ1v) is 12.0. The highest BCUT2D eigenvalue weighted by molar-refractivity contribution is 6.33. The lowest BCUT2D eigenvalue weighted by molar-refractivity contribution is 0.300. The quantitative estimate of drug-likeness (QED) is 0.318. The van der Waals surface area contributed by atoms with Crippen LogP contribution in [0.15, 0.2) is 42.5 Å². The summed E-state index contributed by atoms with van der Waals surface area (Å²) in [6, 6.07) is 15.1. The molecule has 0 unspecified atom stereocenters. The van der Waals surface area contributed by atoms with Crippen molar-refractivity contribution in [2.45, 2.75) is 78.1 Å². The zero-order valence-corrected chi connectivity index (χ0v) is 18.9. The van der Waals surface area contributed by atoms with E-state index in [1.807, 2.05) is 6.07 Å². The standard InChI is InChI=1S/C28H35Cl/c1-3-5-6-8-23-15-18-26(19-16-23)27-20-17-25(21-28(27)29)14-13-24-11-9-22(7-4-2)10-12-24/h15-22,24H,3-12H2,1-2H3. The minimum atomic E-state index is 0.557. The molecular weight excluding hydrogens is 372 g/mol. The summed E-state index contributed by atoms with van der Waals surface area (Å²) < 4.78 is 0. The third-order valence-electron chi connectivity index (χ3n) is 6.27. The molecule has 0 aliphatic heterocycles. The maximum absolute atomic E-state index is 6.61. The van der Waals surface area contributed by atoms with E-state index in [1.165, 1.54) is 68.9 Å². The van der Waals surface area contributed by atoms with E-state index in [2.05, 4.69) is 62.1 Å². The van der Waals surface area contributed by atoms with Gasteiger partial charge in [0.25, 0.3) is 0 Å². The molecule has 29 heavy (non-hydrogen) atoms. The second-order valence-corrected chi connectivity index (χ2v) is 9.03. The molecular formula is C28H35Cl. The van der Waals surface area contributed by atoms with E-state index in [-0.39, 0.29) is 0 Å². The van der Waals surface area contributed by atoms with Gasteiger partial charge in [0.1, 0.15) is 0 Å². The van der Waals surface area contributed by atoms with E-state index in [4.69, 9.17) is 11.6 Å². The fraction of sp³-hybridized carbons (Fsp3) is 0.500. The molecule has 0 atom stereocenters. The van der Waals surface area contributed by atoms with Gasteiger partial charge in [0.15, 0.2) is 0 Å². The first kappa shape index (κ1) is 22.0. The van der Waals surface area contributed by atoms with Crippen LogP contribution in [0.25, 0.3) is 11.1 Å². The predicted octanol–water partition coefficient (Wildman–Crippen LogP) is 8.70. The molecule has 1 aliphatic rings. The average Bonchev–Trinajstić information content (AvgIpc) is 2.74. The van der Waals surface area contributed by atoms with Crippen LogP contribution in [0.2, 0.25) is 5.02 Å². The Morgan fingerprint density at radius 1 is 0.897 bits per heavy atom. The first-order valence-electron chi connectivity index (χ1n) is 11.6. The maximum atomic E-state index is 6.61. The van der Waals surface area contributed by atoms with Crippen LogP contribution in [-0.4, -0.2) is 0 Å². The van der Waals surface area contributed by atoms with Crippen molar-refractivity contribution in [2.24, 2.45) is 11.8 Å². The van der Waals surface area contributed by atoms with Crippen LogP contribution in [-0.2, 0) is 6.42 Å². The average molecular weight is 407 g/mol. The van der Waals surface area contributed by atoms with Gasteiger partial charge in [-0.05, 0) is 67.7 Å². The molecule has 0 radical (unpaired) electrons. The van der Waals surface area contributed by atoms with E-state index < -0.39 is 0 Å². The fourth-order valence-electron chi connectivity index (χ4n) is 4.45. The topological polar surface area (TPSA) is 0 Å². The number of benzene rings is 2. The third-order valence-corrected chi connectivity index (χ3v) is 6.58. The molecule has 0 saturated heterocycles. The molecule has 0 spiro atoms. The highest BCUT2D eigenvalue weighted by Crippen LogP contribution is 2.32. The Balaban J connectivity index is 1.61. The third kappa shape index (κ3) is 6.65. The molecule has 1 fully saturated rings. The van der Waals surface area contributed by atoms with E-state index in [9.17, 15) is 0 Å². The number of aryl methyl sites for hydroxylation is 1. The van der Waals surface area contributed by atoms with Crippen LogP contribution < -0.4 is 0 Å². The van der Waals surface area contributed by atoms with Gasteiger partial charge in [0.2, 0.25) is 0 Å². The minimum absolute atomic E-state index is 0.557. The van der Waals surface area contributed by atoms with Gasteiger partial charge in [-0.25, -0.2) is 0 Å². The van der Waals surface area contributed by atoms with Gasteiger partial charge in [-0.1, -0.05) is 93.3 Å². The Bertz CT molecular complexity index is 814. The van der Waals surface area contributed by atoms with Crippen molar-refractivity contribution < 1.29 is 0 Å². The second kappa shape index (κ2) is 11.5. The maximum Gasteiger partial charge on any atom is 0.0496 e. The van der Waals surface area contributed by atoms with Crippen LogP contribution in [0, 0.1) is 23.7 Å². The highest BCUT2D eigenvalue weighted by atomic mass is 35.5. The van der Waals surface area contributed by atoms with Crippen LogP contribution in [0.5, 0.6) is 0 Å². The lowest BCUT2D eigenvalue weighted by Gasteiger charge is -2.25. The van der Waals surface area contributed by atoms with Crippen LogP contribution in [0.4, 0.5) is 0 Å². The largest absolute Gasteiger partial charge is 0.0945 e. The van der Waals surface area contributed by atoms with Crippen molar-refractivity contribution in [3.8, 4) is 23.0 Å². The highest BCUT2D eigenvalue weighted by Gasteiger charge is 2.18. The predicted molar refractivity (Wildman–Crippen MR) is 127 cm³/mol. The number of unbranched alkanes of at least 4 members (excludes halogenated alkanes) is 2. The SMILES string of the molecule is CCCCCc1ccc(-c2ccc(C#CC3CCC(CCC)CC3)cc2Cl)cc1. The Labute approximate surface area is 183 Å². The summed E-state index contributed by atoms with van der Waals surface area (Å²) in [6.45, 7) is 4.54. The lowest BCUT2D eigenvalue weighted by Crippen LogP contribution is -2.13. The van der Waals surface area contributed by atoms with E-state index >= 15 is 0 Å². The monoisotopic (exact) mass is 406 g/mol. The normalized spacial score (nSPS) is 18.9. The van der Waals surface area contributed by atoms with E-state index in [0.29, 0.717) is 5.92 Å². The van der Waals surface area contributed by atoms with Gasteiger partial charge < -0.3 is 0 Å². The number of hydrogen-bond acceptors (Lipinski definition) is 0. The molecule has 2 aromatic rings.